The van der Waals surface area contributed by atoms with Crippen LogP contribution in [0.1, 0.15) is 57.2 Å². The molecule has 1 heterocycles. The van der Waals surface area contributed by atoms with Crippen molar-refractivity contribution in [3.63, 3.8) is 0 Å². The highest BCUT2D eigenvalue weighted by molar-refractivity contribution is 5.44. The summed E-state index contributed by atoms with van der Waals surface area (Å²) < 4.78 is 5.90. The molecule has 1 unspecified atom stereocenters. The van der Waals surface area contributed by atoms with Gasteiger partial charge in [-0.3, -0.25) is 4.90 Å². The summed E-state index contributed by atoms with van der Waals surface area (Å²) in [7, 11) is 0. The van der Waals surface area contributed by atoms with Crippen LogP contribution in [0.3, 0.4) is 0 Å². The van der Waals surface area contributed by atoms with E-state index in [9.17, 15) is 0 Å². The minimum atomic E-state index is 0.641. The van der Waals surface area contributed by atoms with Gasteiger partial charge in [-0.05, 0) is 63.4 Å². The molecule has 2 rings (SSSR count). The van der Waals surface area contributed by atoms with E-state index in [2.05, 4.69) is 50.0 Å². The molecule has 3 heteroatoms. The van der Waals surface area contributed by atoms with Gasteiger partial charge in [-0.2, -0.15) is 0 Å². The van der Waals surface area contributed by atoms with Gasteiger partial charge in [0.15, 0.2) is 0 Å². The number of fused-ring (bicyclic) bond motifs is 1. The Morgan fingerprint density at radius 1 is 1.18 bits per heavy atom. The van der Waals surface area contributed by atoms with Crippen LogP contribution in [0.15, 0.2) is 12.1 Å². The first-order chi connectivity index (χ1) is 10.7. The third kappa shape index (κ3) is 4.23. The van der Waals surface area contributed by atoms with Crippen molar-refractivity contribution in [1.29, 1.82) is 0 Å². The predicted octanol–water partition coefficient (Wildman–Crippen LogP) is 3.74. The molecular weight excluding hydrogens is 272 g/mol. The molecule has 124 valence electrons. The molecule has 1 aromatic carbocycles. The molecule has 0 spiro atoms. The van der Waals surface area contributed by atoms with E-state index in [4.69, 9.17) is 4.74 Å². The minimum Gasteiger partial charge on any atom is -0.494 e. The summed E-state index contributed by atoms with van der Waals surface area (Å²) in [6, 6.07) is 5.31. The fourth-order valence-corrected chi connectivity index (χ4v) is 3.29. The van der Waals surface area contributed by atoms with Gasteiger partial charge in [0.1, 0.15) is 5.75 Å². The summed E-state index contributed by atoms with van der Waals surface area (Å²) >= 11 is 0. The van der Waals surface area contributed by atoms with Crippen LogP contribution < -0.4 is 10.1 Å². The molecule has 3 nitrogen and oxygen atoms in total. The van der Waals surface area contributed by atoms with Gasteiger partial charge in [-0.15, -0.1) is 0 Å². The van der Waals surface area contributed by atoms with Crippen molar-refractivity contribution in [2.75, 3.05) is 19.7 Å². The lowest BCUT2D eigenvalue weighted by Crippen LogP contribution is -2.38. The fourth-order valence-electron chi connectivity index (χ4n) is 3.29. The Balaban J connectivity index is 2.21. The zero-order valence-corrected chi connectivity index (χ0v) is 14.7. The second-order valence-electron chi connectivity index (χ2n) is 6.36. The summed E-state index contributed by atoms with van der Waals surface area (Å²) in [6.07, 6.45) is 3.54. The minimum absolute atomic E-state index is 0.641. The van der Waals surface area contributed by atoms with Crippen LogP contribution in [-0.4, -0.2) is 30.6 Å². The molecule has 1 aliphatic heterocycles. The Labute approximate surface area is 136 Å². The van der Waals surface area contributed by atoms with E-state index in [1.807, 2.05) is 0 Å². The first-order valence-corrected chi connectivity index (χ1v) is 8.91. The smallest absolute Gasteiger partial charge is 0.124 e. The standard InChI is InChI=1S/C19H32N2O/c1-5-8-20-13-17-11-16-10-15(4)21(9-6-2)14-18(16)12-19(17)22-7-3/h11-12,15,20H,5-10,13-14H2,1-4H3. The Bertz CT molecular complexity index is 457. The summed E-state index contributed by atoms with van der Waals surface area (Å²) in [4.78, 5) is 2.59. The average Bonchev–Trinajstić information content (AvgIpc) is 2.50. The van der Waals surface area contributed by atoms with Crippen molar-refractivity contribution < 1.29 is 4.74 Å². The van der Waals surface area contributed by atoms with Crippen LogP contribution in [0.25, 0.3) is 0 Å². The molecule has 0 saturated heterocycles. The predicted molar refractivity (Wildman–Crippen MR) is 93.5 cm³/mol. The molecule has 1 aliphatic rings. The van der Waals surface area contributed by atoms with Gasteiger partial charge in [0.2, 0.25) is 0 Å². The first-order valence-electron chi connectivity index (χ1n) is 8.91. The van der Waals surface area contributed by atoms with Gasteiger partial charge >= 0.3 is 0 Å². The van der Waals surface area contributed by atoms with E-state index in [-0.39, 0.29) is 0 Å². The lowest BCUT2D eigenvalue weighted by Gasteiger charge is -2.35. The quantitative estimate of drug-likeness (QED) is 0.740. The topological polar surface area (TPSA) is 24.5 Å². The molecular formula is C19H32N2O. The van der Waals surface area contributed by atoms with E-state index in [0.29, 0.717) is 6.04 Å². The molecule has 1 atom stereocenters. The van der Waals surface area contributed by atoms with Crippen LogP contribution in [0.5, 0.6) is 5.75 Å². The lowest BCUT2D eigenvalue weighted by molar-refractivity contribution is 0.184. The van der Waals surface area contributed by atoms with E-state index in [1.54, 1.807) is 0 Å². The van der Waals surface area contributed by atoms with Crippen molar-refractivity contribution in [3.8, 4) is 5.75 Å². The number of hydrogen-bond acceptors (Lipinski definition) is 3. The van der Waals surface area contributed by atoms with E-state index in [0.717, 1.165) is 44.8 Å². The molecule has 0 aromatic heterocycles. The van der Waals surface area contributed by atoms with Gasteiger partial charge in [-0.1, -0.05) is 19.9 Å². The monoisotopic (exact) mass is 304 g/mol. The summed E-state index contributed by atoms with van der Waals surface area (Å²) in [5, 5.41) is 3.51. The molecule has 0 amide bonds. The molecule has 0 fully saturated rings. The van der Waals surface area contributed by atoms with Gasteiger partial charge in [0, 0.05) is 24.7 Å². The van der Waals surface area contributed by atoms with Crippen LogP contribution in [-0.2, 0) is 19.5 Å². The normalized spacial score (nSPS) is 18.3. The average molecular weight is 304 g/mol. The van der Waals surface area contributed by atoms with Crippen molar-refractivity contribution in [1.82, 2.24) is 10.2 Å². The first kappa shape index (κ1) is 17.3. The van der Waals surface area contributed by atoms with Crippen molar-refractivity contribution in [2.24, 2.45) is 0 Å². The van der Waals surface area contributed by atoms with Crippen LogP contribution >= 0.6 is 0 Å². The molecule has 0 radical (unpaired) electrons. The highest BCUT2D eigenvalue weighted by Crippen LogP contribution is 2.30. The second kappa shape index (κ2) is 8.54. The highest BCUT2D eigenvalue weighted by atomic mass is 16.5. The number of benzene rings is 1. The Morgan fingerprint density at radius 3 is 2.68 bits per heavy atom. The summed E-state index contributed by atoms with van der Waals surface area (Å²) in [5.41, 5.74) is 4.27. The molecule has 0 saturated carbocycles. The zero-order chi connectivity index (χ0) is 15.9. The van der Waals surface area contributed by atoms with Gasteiger partial charge in [0.25, 0.3) is 0 Å². The summed E-state index contributed by atoms with van der Waals surface area (Å²) in [5.74, 6) is 1.07. The van der Waals surface area contributed by atoms with E-state index < -0.39 is 0 Å². The maximum Gasteiger partial charge on any atom is 0.124 e. The third-order valence-corrected chi connectivity index (χ3v) is 4.45. The van der Waals surface area contributed by atoms with Crippen molar-refractivity contribution in [3.05, 3.63) is 28.8 Å². The van der Waals surface area contributed by atoms with Crippen molar-refractivity contribution >= 4 is 0 Å². The summed E-state index contributed by atoms with van der Waals surface area (Å²) in [6.45, 7) is 13.8. The Hall–Kier alpha value is -1.06. The fraction of sp³-hybridized carbons (Fsp3) is 0.684. The SMILES string of the molecule is CCCNCc1cc2c(cc1OCC)CN(CCC)C(C)C2. The maximum atomic E-state index is 5.90. The number of nitrogens with zero attached hydrogens (tertiary/aromatic N) is 1. The van der Waals surface area contributed by atoms with Crippen molar-refractivity contribution in [2.45, 2.75) is 66.1 Å². The Kier molecular flexibility index (Phi) is 6.71. The molecule has 22 heavy (non-hydrogen) atoms. The number of hydrogen-bond donors (Lipinski definition) is 1. The highest BCUT2D eigenvalue weighted by Gasteiger charge is 2.23. The number of rotatable bonds is 8. The second-order valence-corrected chi connectivity index (χ2v) is 6.36. The molecule has 1 N–H and O–H groups in total. The molecule has 1 aromatic rings. The lowest BCUT2D eigenvalue weighted by atomic mass is 9.92. The van der Waals surface area contributed by atoms with Gasteiger partial charge < -0.3 is 10.1 Å². The third-order valence-electron chi connectivity index (χ3n) is 4.45. The Morgan fingerprint density at radius 2 is 2.00 bits per heavy atom. The van der Waals surface area contributed by atoms with Crippen LogP contribution in [0, 0.1) is 0 Å². The van der Waals surface area contributed by atoms with Gasteiger partial charge in [0.05, 0.1) is 6.61 Å². The van der Waals surface area contributed by atoms with E-state index in [1.165, 1.54) is 29.7 Å². The zero-order valence-electron chi connectivity index (χ0n) is 14.7. The van der Waals surface area contributed by atoms with E-state index >= 15 is 0 Å². The maximum absolute atomic E-state index is 5.90. The van der Waals surface area contributed by atoms with Gasteiger partial charge in [-0.25, -0.2) is 0 Å². The van der Waals surface area contributed by atoms with Crippen LogP contribution in [0.2, 0.25) is 0 Å². The number of ether oxygens (including phenoxy) is 1. The molecule has 0 aliphatic carbocycles. The molecule has 0 bridgehead atoms. The number of nitrogens with one attached hydrogen (secondary N) is 1. The largest absolute Gasteiger partial charge is 0.494 e. The van der Waals surface area contributed by atoms with Crippen LogP contribution in [0.4, 0.5) is 0 Å².